The van der Waals surface area contributed by atoms with Gasteiger partial charge in [0.05, 0.1) is 0 Å². The molecule has 0 amide bonds. The Morgan fingerprint density at radius 1 is 1.20 bits per heavy atom. The molecule has 0 aliphatic heterocycles. The number of hydrogen-bond donors (Lipinski definition) is 0. The first-order valence-corrected chi connectivity index (χ1v) is 7.44. The molecule has 2 aliphatic carbocycles. The van der Waals surface area contributed by atoms with Crippen LogP contribution in [0.4, 0.5) is 0 Å². The summed E-state index contributed by atoms with van der Waals surface area (Å²) in [6.45, 7) is 13.1. The summed E-state index contributed by atoms with van der Waals surface area (Å²) in [5, 5.41) is 0. The summed E-state index contributed by atoms with van der Waals surface area (Å²) in [4.78, 5) is 0. The van der Waals surface area contributed by atoms with E-state index in [-0.39, 0.29) is 31.6 Å². The van der Waals surface area contributed by atoms with E-state index >= 15 is 0 Å². The second-order valence-corrected chi connectivity index (χ2v) is 6.04. The van der Waals surface area contributed by atoms with Crippen LogP contribution in [0.1, 0.15) is 67.2 Å². The smallest absolute Gasteiger partial charge is 0.269 e. The van der Waals surface area contributed by atoms with Gasteiger partial charge in [-0.3, -0.25) is 12.2 Å². The van der Waals surface area contributed by atoms with Crippen LogP contribution in [0.3, 0.4) is 0 Å². The van der Waals surface area contributed by atoms with E-state index in [1.54, 1.807) is 0 Å². The van der Waals surface area contributed by atoms with Gasteiger partial charge in [0.2, 0.25) is 0 Å². The Morgan fingerprint density at radius 3 is 2.15 bits per heavy atom. The van der Waals surface area contributed by atoms with Gasteiger partial charge in [-0.1, -0.05) is 59.3 Å². The van der Waals surface area contributed by atoms with E-state index in [0.29, 0.717) is 0 Å². The van der Waals surface area contributed by atoms with E-state index in [1.165, 1.54) is 41.6 Å². The average Bonchev–Trinajstić information content (AvgIpc) is 2.92. The van der Waals surface area contributed by atoms with Crippen LogP contribution in [-0.2, 0) is 26.2 Å². The molecular formula is C19H28Zr. The summed E-state index contributed by atoms with van der Waals surface area (Å²) in [5.41, 5.74) is 5.81. The Bertz CT molecular complexity index is 431. The maximum atomic E-state index is 3.44. The average molecular weight is 348 g/mol. The van der Waals surface area contributed by atoms with Crippen molar-refractivity contribution in [1.29, 1.82) is 0 Å². The number of unbranched alkanes of at least 4 members (excludes halogenated alkanes) is 1. The van der Waals surface area contributed by atoms with Crippen LogP contribution in [-0.4, -0.2) is 0 Å². The normalized spacial score (nSPS) is 19.1. The van der Waals surface area contributed by atoms with Crippen molar-refractivity contribution in [3.8, 4) is 0 Å². The number of allylic oxidation sites excluding steroid dienone is 8. The van der Waals surface area contributed by atoms with Crippen molar-refractivity contribution >= 4 is 0 Å². The monoisotopic (exact) mass is 346 g/mol. The third kappa shape index (κ3) is 5.68. The Hall–Kier alpha value is -0.157. The SMILES string of the molecule is CC1=[C-]C(C)(C)C(C)=C1C.CCCCC1=[C-]CC=C1.[Zr+2]. The van der Waals surface area contributed by atoms with Crippen molar-refractivity contribution in [2.45, 2.75) is 67.2 Å². The molecule has 0 spiro atoms. The fourth-order valence-corrected chi connectivity index (χ4v) is 2.40. The van der Waals surface area contributed by atoms with Crippen molar-refractivity contribution in [3.05, 3.63) is 46.6 Å². The molecule has 0 fully saturated rings. The van der Waals surface area contributed by atoms with E-state index in [2.05, 4.69) is 65.8 Å². The standard InChI is InChI=1S/C10H15.C9H13.Zr/c1-7-6-10(4,5)9(3)8(7)2;1-2-3-6-9-7-4-5-8-9;/h1-5H3;4,7H,2-3,5-6H2,1H3;/q2*-1;+2. The van der Waals surface area contributed by atoms with Gasteiger partial charge in [0.1, 0.15) is 0 Å². The molecule has 20 heavy (non-hydrogen) atoms. The van der Waals surface area contributed by atoms with E-state index < -0.39 is 0 Å². The van der Waals surface area contributed by atoms with Crippen molar-refractivity contribution in [2.75, 3.05) is 0 Å². The minimum atomic E-state index is 0. The molecule has 0 aromatic heterocycles. The molecule has 0 bridgehead atoms. The van der Waals surface area contributed by atoms with E-state index in [0.717, 1.165) is 6.42 Å². The molecule has 0 heterocycles. The van der Waals surface area contributed by atoms with Crippen molar-refractivity contribution in [3.63, 3.8) is 0 Å². The van der Waals surface area contributed by atoms with E-state index in [9.17, 15) is 0 Å². The zero-order valence-electron chi connectivity index (χ0n) is 14.0. The van der Waals surface area contributed by atoms with Gasteiger partial charge in [-0.25, -0.2) is 17.2 Å². The molecule has 0 unspecified atom stereocenters. The minimum Gasteiger partial charge on any atom is -0.269 e. The van der Waals surface area contributed by atoms with Crippen LogP contribution in [0.25, 0.3) is 0 Å². The van der Waals surface area contributed by atoms with Gasteiger partial charge in [0.15, 0.2) is 0 Å². The van der Waals surface area contributed by atoms with E-state index in [4.69, 9.17) is 0 Å². The first-order valence-electron chi connectivity index (χ1n) is 7.44. The second-order valence-electron chi connectivity index (χ2n) is 6.04. The molecule has 1 heteroatoms. The summed E-state index contributed by atoms with van der Waals surface area (Å²) in [5.74, 6) is 0. The Balaban J connectivity index is 0.000000345. The molecule has 2 aliphatic rings. The van der Waals surface area contributed by atoms with Gasteiger partial charge in [-0.05, 0) is 0 Å². The number of rotatable bonds is 3. The molecule has 0 aromatic rings. The van der Waals surface area contributed by atoms with Crippen LogP contribution >= 0.6 is 0 Å². The topological polar surface area (TPSA) is 0 Å². The van der Waals surface area contributed by atoms with Crippen LogP contribution in [0.2, 0.25) is 0 Å². The van der Waals surface area contributed by atoms with Gasteiger partial charge in [-0.2, -0.15) is 17.2 Å². The third-order valence-corrected chi connectivity index (χ3v) is 4.13. The Labute approximate surface area is 145 Å². The molecule has 0 saturated heterocycles. The van der Waals surface area contributed by atoms with Crippen LogP contribution in [0, 0.1) is 17.6 Å². The predicted octanol–water partition coefficient (Wildman–Crippen LogP) is 5.98. The maximum absolute atomic E-state index is 3.44. The molecule has 0 saturated carbocycles. The molecule has 108 valence electrons. The van der Waals surface area contributed by atoms with Gasteiger partial charge in [-0.15, -0.1) is 13.3 Å². The first kappa shape index (κ1) is 19.8. The summed E-state index contributed by atoms with van der Waals surface area (Å²) in [7, 11) is 0. The van der Waals surface area contributed by atoms with Gasteiger partial charge in [0.25, 0.3) is 0 Å². The second kappa shape index (κ2) is 8.98. The van der Waals surface area contributed by atoms with Crippen LogP contribution in [0.15, 0.2) is 34.4 Å². The van der Waals surface area contributed by atoms with Crippen molar-refractivity contribution in [1.82, 2.24) is 0 Å². The van der Waals surface area contributed by atoms with Crippen molar-refractivity contribution < 1.29 is 26.2 Å². The van der Waals surface area contributed by atoms with Gasteiger partial charge < -0.3 is 0 Å². The largest absolute Gasteiger partial charge is 2.00 e. The first-order chi connectivity index (χ1) is 8.88. The van der Waals surface area contributed by atoms with Crippen LogP contribution < -0.4 is 0 Å². The van der Waals surface area contributed by atoms with Crippen LogP contribution in [0.5, 0.6) is 0 Å². The minimum absolute atomic E-state index is 0. The molecule has 0 N–H and O–H groups in total. The quantitative estimate of drug-likeness (QED) is 0.551. The third-order valence-electron chi connectivity index (χ3n) is 4.13. The summed E-state index contributed by atoms with van der Waals surface area (Å²) >= 11 is 0. The van der Waals surface area contributed by atoms with E-state index in [1.807, 2.05) is 0 Å². The van der Waals surface area contributed by atoms with Gasteiger partial charge in [0, 0.05) is 0 Å². The van der Waals surface area contributed by atoms with Gasteiger partial charge >= 0.3 is 26.2 Å². The summed E-state index contributed by atoms with van der Waals surface area (Å²) in [6.07, 6.45) is 16.0. The fraction of sp³-hybridized carbons (Fsp3) is 0.579. The Morgan fingerprint density at radius 2 is 1.85 bits per heavy atom. The predicted molar refractivity (Wildman–Crippen MR) is 84.6 cm³/mol. The molecule has 0 aromatic carbocycles. The fourth-order valence-electron chi connectivity index (χ4n) is 2.40. The summed E-state index contributed by atoms with van der Waals surface area (Å²) < 4.78 is 0. The molecule has 2 rings (SSSR count). The molecule has 0 nitrogen and oxygen atoms in total. The zero-order chi connectivity index (χ0) is 14.5. The molecule has 0 radical (unpaired) electrons. The zero-order valence-corrected chi connectivity index (χ0v) is 16.4. The summed E-state index contributed by atoms with van der Waals surface area (Å²) in [6, 6.07) is 0. The van der Waals surface area contributed by atoms with Crippen molar-refractivity contribution in [2.24, 2.45) is 5.41 Å². The number of hydrogen-bond acceptors (Lipinski definition) is 0. The maximum Gasteiger partial charge on any atom is 2.00 e. The molecular weight excluding hydrogens is 319 g/mol. The Kier molecular flexibility index (Phi) is 8.91. The molecule has 0 atom stereocenters.